The third-order valence-corrected chi connectivity index (χ3v) is 8.44. The van der Waals surface area contributed by atoms with Gasteiger partial charge in [-0.05, 0) is 50.1 Å². The van der Waals surface area contributed by atoms with Crippen LogP contribution >= 0.6 is 0 Å². The van der Waals surface area contributed by atoms with Crippen LogP contribution in [0.15, 0.2) is 41.3 Å². The fourth-order valence-electron chi connectivity index (χ4n) is 4.26. The van der Waals surface area contributed by atoms with E-state index in [1.54, 1.807) is 0 Å². The number of sulfonamides is 1. The van der Waals surface area contributed by atoms with Crippen LogP contribution in [0.5, 0.6) is 11.5 Å². The van der Waals surface area contributed by atoms with Crippen molar-refractivity contribution in [2.24, 2.45) is 11.8 Å². The first-order chi connectivity index (χ1) is 18.0. The minimum absolute atomic E-state index is 0.0255. The summed E-state index contributed by atoms with van der Waals surface area (Å²) in [6.07, 6.45) is -5.94. The van der Waals surface area contributed by atoms with Crippen molar-refractivity contribution >= 4 is 27.6 Å². The summed E-state index contributed by atoms with van der Waals surface area (Å²) in [6.45, 7) is 1.12. The lowest BCUT2D eigenvalue weighted by molar-refractivity contribution is -0.257. The number of nitrogens with zero attached hydrogens (tertiary/aromatic N) is 1. The highest BCUT2D eigenvalue weighted by Gasteiger charge is 2.52. The van der Waals surface area contributed by atoms with E-state index in [9.17, 15) is 40.7 Å². The first-order valence-electron chi connectivity index (χ1n) is 11.7. The maximum atomic E-state index is 14.0. The van der Waals surface area contributed by atoms with Gasteiger partial charge in [0.2, 0.25) is 5.60 Å². The van der Waals surface area contributed by atoms with Gasteiger partial charge in [0.05, 0.1) is 36.6 Å². The van der Waals surface area contributed by atoms with Crippen LogP contribution in [0.4, 0.5) is 23.2 Å². The van der Waals surface area contributed by atoms with E-state index in [2.05, 4.69) is 4.74 Å². The fourth-order valence-corrected chi connectivity index (χ4v) is 5.76. The predicted molar refractivity (Wildman–Crippen MR) is 128 cm³/mol. The summed E-state index contributed by atoms with van der Waals surface area (Å²) < 4.78 is 97.2. The zero-order valence-corrected chi connectivity index (χ0v) is 21.8. The Hall–Kier alpha value is -3.55. The summed E-state index contributed by atoms with van der Waals surface area (Å²) in [6, 6.07) is 6.94. The van der Waals surface area contributed by atoms with Gasteiger partial charge in [-0.2, -0.15) is 13.2 Å². The molecule has 1 aliphatic heterocycles. The number of alkyl halides is 3. The van der Waals surface area contributed by atoms with Crippen molar-refractivity contribution in [3.63, 3.8) is 0 Å². The summed E-state index contributed by atoms with van der Waals surface area (Å²) in [5.41, 5.74) is -2.62. The number of anilines is 1. The Morgan fingerprint density at radius 2 is 1.85 bits per heavy atom. The maximum absolute atomic E-state index is 14.0. The monoisotopic (exact) mass is 575 g/mol. The van der Waals surface area contributed by atoms with E-state index in [1.165, 1.54) is 25.3 Å². The minimum Gasteiger partial charge on any atom is -0.494 e. The second-order valence-electron chi connectivity index (χ2n) is 9.79. The lowest BCUT2D eigenvalue weighted by Gasteiger charge is -2.36. The van der Waals surface area contributed by atoms with Gasteiger partial charge in [0, 0.05) is 12.0 Å². The van der Waals surface area contributed by atoms with Crippen molar-refractivity contribution in [3.05, 3.63) is 47.8 Å². The number of carboxylic acid groups (broad SMARTS) is 1. The standard InChI is InChI=1S/C25H25F4NO8S/c1-24(2,25(27,28)29)38-22(31)9-13-4-7-19-18(8-13)30(12-21(37-19)15-11-16(15)23(32)33)39(34,35)14-5-6-17(26)20(10-14)36-3/h4-8,10,15-16,21H,9,11-12H2,1-3H3,(H,32,33)/t15-,16+,21+/m0/s1. The highest BCUT2D eigenvalue weighted by Crippen LogP contribution is 2.48. The summed E-state index contributed by atoms with van der Waals surface area (Å²) in [5, 5.41) is 9.34. The van der Waals surface area contributed by atoms with Crippen LogP contribution in [0.2, 0.25) is 0 Å². The maximum Gasteiger partial charge on any atom is 0.427 e. The third kappa shape index (κ3) is 5.60. The van der Waals surface area contributed by atoms with Crippen molar-refractivity contribution < 1.29 is 54.9 Å². The topological polar surface area (TPSA) is 119 Å². The first kappa shape index (κ1) is 28.5. The molecule has 1 saturated carbocycles. The van der Waals surface area contributed by atoms with Crippen molar-refractivity contribution in [3.8, 4) is 11.5 Å². The largest absolute Gasteiger partial charge is 0.494 e. The van der Waals surface area contributed by atoms with Gasteiger partial charge in [-0.15, -0.1) is 0 Å². The molecule has 2 aromatic rings. The van der Waals surface area contributed by atoms with Gasteiger partial charge in [0.1, 0.15) is 11.9 Å². The molecule has 0 unspecified atom stereocenters. The Labute approximate surface area is 221 Å². The Bertz CT molecular complexity index is 1410. The summed E-state index contributed by atoms with van der Waals surface area (Å²) >= 11 is 0. The van der Waals surface area contributed by atoms with E-state index in [4.69, 9.17) is 9.47 Å². The molecule has 212 valence electrons. The molecule has 9 nitrogen and oxygen atoms in total. The average Bonchev–Trinajstić information content (AvgIpc) is 3.64. The molecule has 2 aromatic carbocycles. The summed E-state index contributed by atoms with van der Waals surface area (Å²) in [4.78, 5) is 23.4. The summed E-state index contributed by atoms with van der Waals surface area (Å²) in [7, 11) is -3.23. The van der Waals surface area contributed by atoms with Crippen LogP contribution in [-0.4, -0.2) is 57.0 Å². The number of hydrogen-bond acceptors (Lipinski definition) is 7. The number of carboxylic acids is 1. The third-order valence-electron chi connectivity index (χ3n) is 6.66. The Morgan fingerprint density at radius 3 is 2.44 bits per heavy atom. The molecule has 1 heterocycles. The van der Waals surface area contributed by atoms with Gasteiger partial charge >= 0.3 is 18.1 Å². The number of benzene rings is 2. The molecule has 0 spiro atoms. The van der Waals surface area contributed by atoms with E-state index in [1.807, 2.05) is 0 Å². The molecule has 0 radical (unpaired) electrons. The Kier molecular flexibility index (Phi) is 7.21. The van der Waals surface area contributed by atoms with Crippen LogP contribution in [0.3, 0.4) is 0 Å². The number of methoxy groups -OCH3 is 1. The molecular weight excluding hydrogens is 550 g/mol. The second-order valence-corrected chi connectivity index (χ2v) is 11.7. The van der Waals surface area contributed by atoms with Crippen molar-refractivity contribution in [2.75, 3.05) is 18.0 Å². The van der Waals surface area contributed by atoms with E-state index >= 15 is 0 Å². The summed E-state index contributed by atoms with van der Waals surface area (Å²) in [5.74, 6) is -4.45. The Morgan fingerprint density at radius 1 is 1.15 bits per heavy atom. The molecule has 0 saturated heterocycles. The molecule has 2 aliphatic rings. The van der Waals surface area contributed by atoms with Crippen LogP contribution in [0.25, 0.3) is 0 Å². The second kappa shape index (κ2) is 9.88. The van der Waals surface area contributed by atoms with Crippen LogP contribution in [0.1, 0.15) is 25.8 Å². The Balaban J connectivity index is 1.69. The van der Waals surface area contributed by atoms with Crippen LogP contribution in [-0.2, 0) is 30.8 Å². The predicted octanol–water partition coefficient (Wildman–Crippen LogP) is 3.94. The minimum atomic E-state index is -4.81. The normalized spacial score (nSPS) is 21.0. The highest BCUT2D eigenvalue weighted by molar-refractivity contribution is 7.92. The number of fused-ring (bicyclic) bond motifs is 1. The number of esters is 1. The highest BCUT2D eigenvalue weighted by atomic mass is 32.2. The molecule has 1 fully saturated rings. The van der Waals surface area contributed by atoms with Crippen LogP contribution < -0.4 is 13.8 Å². The average molecular weight is 576 g/mol. The molecule has 0 amide bonds. The SMILES string of the molecule is COc1cc(S(=O)(=O)N2C[C@H]([C@H]3C[C@H]3C(=O)O)Oc3ccc(CC(=O)OC(C)(C)C(F)(F)F)cc32)ccc1F. The molecule has 0 aromatic heterocycles. The van der Waals surface area contributed by atoms with E-state index in [0.29, 0.717) is 13.8 Å². The van der Waals surface area contributed by atoms with E-state index in [0.717, 1.165) is 22.5 Å². The van der Waals surface area contributed by atoms with Crippen molar-refractivity contribution in [2.45, 2.75) is 49.5 Å². The zero-order valence-electron chi connectivity index (χ0n) is 21.0. The molecule has 1 aliphatic carbocycles. The van der Waals surface area contributed by atoms with Crippen LogP contribution in [0, 0.1) is 17.7 Å². The van der Waals surface area contributed by atoms with Gasteiger partial charge in [0.15, 0.2) is 11.6 Å². The number of hydrogen-bond donors (Lipinski definition) is 1. The smallest absolute Gasteiger partial charge is 0.427 e. The molecule has 3 atom stereocenters. The molecule has 4 rings (SSSR count). The lowest BCUT2D eigenvalue weighted by atomic mass is 10.1. The van der Waals surface area contributed by atoms with Gasteiger partial charge in [-0.3, -0.25) is 13.9 Å². The van der Waals surface area contributed by atoms with Gasteiger partial charge in [-0.25, -0.2) is 12.8 Å². The van der Waals surface area contributed by atoms with Gasteiger partial charge in [-0.1, -0.05) is 6.07 Å². The van der Waals surface area contributed by atoms with Crippen molar-refractivity contribution in [1.82, 2.24) is 0 Å². The molecule has 39 heavy (non-hydrogen) atoms. The number of ether oxygens (including phenoxy) is 3. The number of carbonyl (C=O) groups excluding carboxylic acids is 1. The first-order valence-corrected chi connectivity index (χ1v) is 13.2. The number of aliphatic carboxylic acids is 1. The number of rotatable bonds is 8. The number of carbonyl (C=O) groups is 2. The van der Waals surface area contributed by atoms with E-state index in [-0.39, 0.29) is 40.6 Å². The molecule has 1 N–H and O–H groups in total. The van der Waals surface area contributed by atoms with Gasteiger partial charge in [0.25, 0.3) is 10.0 Å². The zero-order chi connectivity index (χ0) is 28.9. The molecule has 14 heteroatoms. The lowest BCUT2D eigenvalue weighted by Crippen LogP contribution is -2.45. The fraction of sp³-hybridized carbons (Fsp3) is 0.440. The molecular formula is C25H25F4NO8S. The number of halogens is 4. The van der Waals surface area contributed by atoms with Crippen molar-refractivity contribution in [1.29, 1.82) is 0 Å². The van der Waals surface area contributed by atoms with Gasteiger partial charge < -0.3 is 19.3 Å². The van der Waals surface area contributed by atoms with E-state index < -0.39 is 63.9 Å². The molecule has 0 bridgehead atoms. The quantitative estimate of drug-likeness (QED) is 0.372.